The molecule has 0 aliphatic heterocycles. The van der Waals surface area contributed by atoms with Crippen LogP contribution >= 0.6 is 0 Å². The summed E-state index contributed by atoms with van der Waals surface area (Å²) in [5.41, 5.74) is 0. The number of carboxylic acid groups (broad SMARTS) is 2. The van der Waals surface area contributed by atoms with Crippen molar-refractivity contribution in [2.24, 2.45) is 0 Å². The monoisotopic (exact) mass is 176 g/mol. The highest BCUT2D eigenvalue weighted by Crippen LogP contribution is 1.76. The van der Waals surface area contributed by atoms with E-state index in [1.807, 2.05) is 0 Å². The van der Waals surface area contributed by atoms with Crippen LogP contribution in [0.2, 0.25) is 0 Å². The molecule has 0 spiro atoms. The molecule has 0 rings (SSSR count). The summed E-state index contributed by atoms with van der Waals surface area (Å²) in [5, 5.41) is 19.5. The summed E-state index contributed by atoms with van der Waals surface area (Å²) in [5.74, 6) is -2.65. The van der Waals surface area contributed by atoms with Crippen LogP contribution in [-0.2, 0) is 19.1 Å². The fourth-order valence-electron chi connectivity index (χ4n) is 0.429. The third-order valence-electron chi connectivity index (χ3n) is 0.812. The molecule has 0 aromatic carbocycles. The second-order valence-electron chi connectivity index (χ2n) is 1.85. The van der Waals surface area contributed by atoms with Crippen molar-refractivity contribution in [3.05, 3.63) is 0 Å². The zero-order chi connectivity index (χ0) is 9.40. The van der Waals surface area contributed by atoms with Gasteiger partial charge in [-0.15, -0.1) is 0 Å². The fraction of sp³-hybridized carbons (Fsp3) is 0.667. The average molecular weight is 176 g/mol. The largest absolute Gasteiger partial charge is 0.548 e. The molecule has 0 aromatic heterocycles. The third-order valence-corrected chi connectivity index (χ3v) is 0.812. The lowest BCUT2D eigenvalue weighted by molar-refractivity contribution is -0.312. The van der Waals surface area contributed by atoms with Crippen molar-refractivity contribution >= 4 is 11.9 Å². The first-order valence-electron chi connectivity index (χ1n) is 3.18. The molecule has 0 atom stereocenters. The number of ether oxygens (including phenoxy) is 2. The standard InChI is InChI=1S/C6H10O6/c7-5(8)3-11-1-2-12-4-6(9)10/h1-4H2,(H,7,8)(H,9,10)/p-2. The molecular weight excluding hydrogens is 168 g/mol. The predicted molar refractivity (Wildman–Crippen MR) is 31.7 cm³/mol. The van der Waals surface area contributed by atoms with Crippen LogP contribution in [0.3, 0.4) is 0 Å². The minimum absolute atomic E-state index is 0.0151. The number of hydrogen-bond acceptors (Lipinski definition) is 6. The summed E-state index contributed by atoms with van der Waals surface area (Å²) in [7, 11) is 0. The summed E-state index contributed by atoms with van der Waals surface area (Å²) in [4.78, 5) is 19.5. The molecular formula is C6H8O6-2. The van der Waals surface area contributed by atoms with Gasteiger partial charge in [-0.2, -0.15) is 0 Å². The smallest absolute Gasteiger partial charge is 0.0862 e. The van der Waals surface area contributed by atoms with Crippen molar-refractivity contribution in [3.8, 4) is 0 Å². The Kier molecular flexibility index (Phi) is 5.94. The number of hydrogen-bond donors (Lipinski definition) is 0. The van der Waals surface area contributed by atoms with E-state index in [9.17, 15) is 19.8 Å². The predicted octanol–water partition coefficient (Wildman–Crippen LogP) is -3.48. The van der Waals surface area contributed by atoms with Gasteiger partial charge < -0.3 is 29.3 Å². The van der Waals surface area contributed by atoms with E-state index >= 15 is 0 Å². The lowest BCUT2D eigenvalue weighted by Crippen LogP contribution is -2.29. The maximum Gasteiger partial charge on any atom is 0.0862 e. The van der Waals surface area contributed by atoms with E-state index in [1.54, 1.807) is 0 Å². The fourth-order valence-corrected chi connectivity index (χ4v) is 0.429. The average Bonchev–Trinajstić information content (AvgIpc) is 1.95. The van der Waals surface area contributed by atoms with Crippen LogP contribution in [0.1, 0.15) is 0 Å². The lowest BCUT2D eigenvalue weighted by atomic mass is 10.7. The zero-order valence-corrected chi connectivity index (χ0v) is 6.28. The van der Waals surface area contributed by atoms with Crippen molar-refractivity contribution < 1.29 is 29.3 Å². The second kappa shape index (κ2) is 6.56. The summed E-state index contributed by atoms with van der Waals surface area (Å²) in [6.07, 6.45) is 0. The number of aliphatic carboxylic acids is 2. The first kappa shape index (κ1) is 10.9. The lowest BCUT2D eigenvalue weighted by Gasteiger charge is -2.06. The molecule has 0 saturated heterocycles. The van der Waals surface area contributed by atoms with E-state index in [4.69, 9.17) is 0 Å². The summed E-state index contributed by atoms with van der Waals surface area (Å²) in [6, 6.07) is 0. The highest BCUT2D eigenvalue weighted by atomic mass is 16.5. The number of carboxylic acids is 2. The summed E-state index contributed by atoms with van der Waals surface area (Å²) in [6.45, 7) is -1.01. The molecule has 0 fully saturated rings. The molecule has 6 nitrogen and oxygen atoms in total. The van der Waals surface area contributed by atoms with Gasteiger partial charge >= 0.3 is 0 Å². The molecule has 12 heavy (non-hydrogen) atoms. The number of carbonyl (C=O) groups is 2. The Morgan fingerprint density at radius 3 is 1.50 bits per heavy atom. The minimum atomic E-state index is -1.32. The first-order chi connectivity index (χ1) is 5.63. The molecule has 0 aliphatic rings. The zero-order valence-electron chi connectivity index (χ0n) is 6.28. The Labute approximate surface area is 68.7 Å². The molecule has 0 heterocycles. The molecule has 70 valence electrons. The normalized spacial score (nSPS) is 9.67. The van der Waals surface area contributed by atoms with Crippen LogP contribution in [-0.4, -0.2) is 38.4 Å². The van der Waals surface area contributed by atoms with Gasteiger partial charge in [-0.1, -0.05) is 0 Å². The van der Waals surface area contributed by atoms with Gasteiger partial charge in [0.2, 0.25) is 0 Å². The highest BCUT2D eigenvalue weighted by Gasteiger charge is 1.89. The number of rotatable bonds is 7. The SMILES string of the molecule is O=C([O-])COCCOCC(=O)[O-]. The molecule has 0 saturated carbocycles. The first-order valence-corrected chi connectivity index (χ1v) is 3.18. The van der Waals surface area contributed by atoms with Crippen LogP contribution < -0.4 is 10.2 Å². The quantitative estimate of drug-likeness (QED) is 0.373. The van der Waals surface area contributed by atoms with E-state index in [2.05, 4.69) is 9.47 Å². The van der Waals surface area contributed by atoms with Crippen LogP contribution in [0, 0.1) is 0 Å². The maximum atomic E-state index is 9.76. The molecule has 0 aromatic rings. The van der Waals surface area contributed by atoms with Gasteiger partial charge in [0.25, 0.3) is 0 Å². The van der Waals surface area contributed by atoms with E-state index < -0.39 is 25.2 Å². The van der Waals surface area contributed by atoms with E-state index in [1.165, 1.54) is 0 Å². The Balaban J connectivity index is 3.01. The third kappa shape index (κ3) is 8.86. The van der Waals surface area contributed by atoms with Gasteiger partial charge in [-0.3, -0.25) is 0 Å². The van der Waals surface area contributed by atoms with Gasteiger partial charge in [0.15, 0.2) is 0 Å². The van der Waals surface area contributed by atoms with Gasteiger partial charge in [-0.25, -0.2) is 0 Å². The van der Waals surface area contributed by atoms with Crippen LogP contribution in [0.15, 0.2) is 0 Å². The van der Waals surface area contributed by atoms with E-state index in [0.717, 1.165) is 0 Å². The van der Waals surface area contributed by atoms with Crippen LogP contribution in [0.25, 0.3) is 0 Å². The molecule has 6 heteroatoms. The van der Waals surface area contributed by atoms with E-state index in [-0.39, 0.29) is 13.2 Å². The Hall–Kier alpha value is -1.14. The Bertz CT molecular complexity index is 136. The van der Waals surface area contributed by atoms with Gasteiger partial charge in [0.1, 0.15) is 0 Å². The van der Waals surface area contributed by atoms with Crippen LogP contribution in [0.5, 0.6) is 0 Å². The second-order valence-corrected chi connectivity index (χ2v) is 1.85. The van der Waals surface area contributed by atoms with E-state index in [0.29, 0.717) is 0 Å². The summed E-state index contributed by atoms with van der Waals surface area (Å²) < 4.78 is 8.95. The molecule has 0 bridgehead atoms. The van der Waals surface area contributed by atoms with Crippen molar-refractivity contribution in [2.75, 3.05) is 26.4 Å². The molecule has 0 N–H and O–H groups in total. The Morgan fingerprint density at radius 2 is 1.25 bits per heavy atom. The molecule has 0 amide bonds. The minimum Gasteiger partial charge on any atom is -0.548 e. The Morgan fingerprint density at radius 1 is 0.917 bits per heavy atom. The van der Waals surface area contributed by atoms with Gasteiger partial charge in [0.05, 0.1) is 38.4 Å². The van der Waals surface area contributed by atoms with Crippen molar-refractivity contribution in [1.29, 1.82) is 0 Å². The summed E-state index contributed by atoms with van der Waals surface area (Å²) >= 11 is 0. The van der Waals surface area contributed by atoms with Gasteiger partial charge in [0, 0.05) is 0 Å². The van der Waals surface area contributed by atoms with Crippen molar-refractivity contribution in [2.45, 2.75) is 0 Å². The molecule has 0 unspecified atom stereocenters. The maximum absolute atomic E-state index is 9.76. The molecule has 0 radical (unpaired) electrons. The number of carbonyl (C=O) groups excluding carboxylic acids is 2. The topological polar surface area (TPSA) is 98.7 Å². The van der Waals surface area contributed by atoms with Crippen LogP contribution in [0.4, 0.5) is 0 Å². The van der Waals surface area contributed by atoms with Crippen molar-refractivity contribution in [1.82, 2.24) is 0 Å². The van der Waals surface area contributed by atoms with Gasteiger partial charge in [-0.05, 0) is 0 Å². The van der Waals surface area contributed by atoms with Crippen molar-refractivity contribution in [3.63, 3.8) is 0 Å². The molecule has 0 aliphatic carbocycles. The highest BCUT2D eigenvalue weighted by molar-refractivity contribution is 5.65.